The molecule has 0 radical (unpaired) electrons. The fourth-order valence-corrected chi connectivity index (χ4v) is 4.16. The molecule has 0 atom stereocenters. The number of hydrogen-bond acceptors (Lipinski definition) is 3. The van der Waals surface area contributed by atoms with Gasteiger partial charge in [0.2, 0.25) is 15.9 Å². The minimum atomic E-state index is -3.82. The molecule has 3 aromatic carbocycles. The number of nitrogens with one attached hydrogen (secondary N) is 1. The summed E-state index contributed by atoms with van der Waals surface area (Å²) in [5, 5.41) is 2.76. The van der Waals surface area contributed by atoms with Crippen LogP contribution in [0.2, 0.25) is 0 Å². The summed E-state index contributed by atoms with van der Waals surface area (Å²) in [4.78, 5) is 12.7. The number of carbonyl (C=O) groups excluding carboxylic acids is 1. The van der Waals surface area contributed by atoms with Crippen LogP contribution in [0.15, 0.2) is 89.8 Å². The zero-order valence-electron chi connectivity index (χ0n) is 15.6. The smallest absolute Gasteiger partial charge is 0.243 e. The highest BCUT2D eigenvalue weighted by Gasteiger charge is 2.26. The monoisotopic (exact) mass is 394 g/mol. The van der Waals surface area contributed by atoms with Crippen LogP contribution in [0.4, 0.5) is 5.69 Å². The number of nitrogens with zero attached hydrogens (tertiary/aromatic N) is 1. The molecule has 0 aliphatic rings. The molecule has 28 heavy (non-hydrogen) atoms. The third kappa shape index (κ3) is 5.06. The third-order valence-corrected chi connectivity index (χ3v) is 6.04. The summed E-state index contributed by atoms with van der Waals surface area (Å²) in [5.74, 6) is -0.390. The highest BCUT2D eigenvalue weighted by atomic mass is 32.2. The maximum absolute atomic E-state index is 13.1. The summed E-state index contributed by atoms with van der Waals surface area (Å²) in [6, 6.07) is 24.7. The van der Waals surface area contributed by atoms with Crippen LogP contribution in [0, 0.1) is 6.92 Å². The van der Waals surface area contributed by atoms with Gasteiger partial charge in [-0.05, 0) is 36.8 Å². The molecule has 0 aromatic heterocycles. The molecule has 0 heterocycles. The second-order valence-electron chi connectivity index (χ2n) is 6.49. The van der Waals surface area contributed by atoms with Crippen molar-refractivity contribution in [3.8, 4) is 0 Å². The second-order valence-corrected chi connectivity index (χ2v) is 8.42. The van der Waals surface area contributed by atoms with Crippen molar-refractivity contribution in [1.82, 2.24) is 4.31 Å². The first-order chi connectivity index (χ1) is 13.4. The summed E-state index contributed by atoms with van der Waals surface area (Å²) in [6.45, 7) is 1.79. The van der Waals surface area contributed by atoms with Gasteiger partial charge in [-0.2, -0.15) is 4.31 Å². The molecule has 0 aliphatic heterocycles. The van der Waals surface area contributed by atoms with Crippen molar-refractivity contribution in [3.05, 3.63) is 96.1 Å². The lowest BCUT2D eigenvalue weighted by molar-refractivity contribution is -0.116. The van der Waals surface area contributed by atoms with Crippen LogP contribution in [0.1, 0.15) is 11.1 Å². The third-order valence-electron chi connectivity index (χ3n) is 4.24. The predicted octanol–water partition coefficient (Wildman–Crippen LogP) is 3.82. The molecule has 0 fully saturated rings. The molecule has 0 bridgehead atoms. The molecule has 0 spiro atoms. The van der Waals surface area contributed by atoms with Gasteiger partial charge in [0.15, 0.2) is 0 Å². The van der Waals surface area contributed by atoms with Gasteiger partial charge in [0.1, 0.15) is 0 Å². The van der Waals surface area contributed by atoms with Crippen LogP contribution >= 0.6 is 0 Å². The molecule has 1 N–H and O–H groups in total. The maximum atomic E-state index is 13.1. The first-order valence-electron chi connectivity index (χ1n) is 8.91. The second kappa shape index (κ2) is 8.82. The zero-order valence-corrected chi connectivity index (χ0v) is 16.4. The first kappa shape index (κ1) is 19.8. The van der Waals surface area contributed by atoms with Gasteiger partial charge < -0.3 is 5.32 Å². The van der Waals surface area contributed by atoms with E-state index in [2.05, 4.69) is 5.32 Å². The standard InChI is InChI=1S/C22H22N2O3S/c1-18-12-14-20(15-13-18)23-22(25)17-24(16-19-8-4-2-5-9-19)28(26,27)21-10-6-3-7-11-21/h2-15H,16-17H2,1H3,(H,23,25). The van der Waals surface area contributed by atoms with Gasteiger partial charge >= 0.3 is 0 Å². The number of anilines is 1. The summed E-state index contributed by atoms with van der Waals surface area (Å²) in [7, 11) is -3.82. The Morgan fingerprint density at radius 3 is 2.04 bits per heavy atom. The largest absolute Gasteiger partial charge is 0.325 e. The number of sulfonamides is 1. The van der Waals surface area contributed by atoms with Crippen molar-refractivity contribution in [2.45, 2.75) is 18.4 Å². The van der Waals surface area contributed by atoms with Crippen LogP contribution in [-0.2, 0) is 21.4 Å². The molecule has 6 heteroatoms. The Balaban J connectivity index is 1.83. The van der Waals surface area contributed by atoms with Gasteiger partial charge in [-0.3, -0.25) is 4.79 Å². The van der Waals surface area contributed by atoms with Crippen molar-refractivity contribution in [3.63, 3.8) is 0 Å². The SMILES string of the molecule is Cc1ccc(NC(=O)CN(Cc2ccccc2)S(=O)(=O)c2ccccc2)cc1. The van der Waals surface area contributed by atoms with E-state index in [1.807, 2.05) is 49.4 Å². The number of hydrogen-bond donors (Lipinski definition) is 1. The van der Waals surface area contributed by atoms with Crippen molar-refractivity contribution in [2.24, 2.45) is 0 Å². The van der Waals surface area contributed by atoms with E-state index in [0.29, 0.717) is 5.69 Å². The summed E-state index contributed by atoms with van der Waals surface area (Å²) in [5.41, 5.74) is 2.52. The van der Waals surface area contributed by atoms with Crippen LogP contribution < -0.4 is 5.32 Å². The fourth-order valence-electron chi connectivity index (χ4n) is 2.75. The Morgan fingerprint density at radius 2 is 1.43 bits per heavy atom. The molecular formula is C22H22N2O3S. The van der Waals surface area contributed by atoms with Crippen molar-refractivity contribution in [1.29, 1.82) is 0 Å². The molecule has 3 aromatic rings. The topological polar surface area (TPSA) is 66.5 Å². The van der Waals surface area contributed by atoms with Crippen LogP contribution in [0.5, 0.6) is 0 Å². The maximum Gasteiger partial charge on any atom is 0.243 e. The molecule has 0 unspecified atom stereocenters. The highest BCUT2D eigenvalue weighted by molar-refractivity contribution is 7.89. The molecule has 5 nitrogen and oxygen atoms in total. The normalized spacial score (nSPS) is 11.4. The van der Waals surface area contributed by atoms with Crippen LogP contribution in [0.25, 0.3) is 0 Å². The van der Waals surface area contributed by atoms with E-state index >= 15 is 0 Å². The summed E-state index contributed by atoms with van der Waals surface area (Å²) < 4.78 is 27.4. The number of carbonyl (C=O) groups is 1. The molecular weight excluding hydrogens is 372 g/mol. The van der Waals surface area contributed by atoms with Crippen LogP contribution in [0.3, 0.4) is 0 Å². The van der Waals surface area contributed by atoms with E-state index in [1.54, 1.807) is 30.3 Å². The Kier molecular flexibility index (Phi) is 6.23. The zero-order chi connectivity index (χ0) is 20.0. The quantitative estimate of drug-likeness (QED) is 0.662. The Hall–Kier alpha value is -2.96. The lowest BCUT2D eigenvalue weighted by Crippen LogP contribution is -2.37. The van der Waals surface area contributed by atoms with E-state index in [4.69, 9.17) is 0 Å². The Morgan fingerprint density at radius 1 is 0.857 bits per heavy atom. The molecule has 0 aliphatic carbocycles. The van der Waals surface area contributed by atoms with Crippen molar-refractivity contribution in [2.75, 3.05) is 11.9 Å². The number of aryl methyl sites for hydroxylation is 1. The summed E-state index contributed by atoms with van der Waals surface area (Å²) in [6.07, 6.45) is 0. The molecule has 0 saturated carbocycles. The number of rotatable bonds is 7. The Bertz CT molecular complexity index is 1020. The summed E-state index contributed by atoms with van der Waals surface area (Å²) >= 11 is 0. The average Bonchev–Trinajstić information content (AvgIpc) is 2.71. The Labute approximate surface area is 165 Å². The predicted molar refractivity (Wildman–Crippen MR) is 110 cm³/mol. The average molecular weight is 394 g/mol. The minimum absolute atomic E-state index is 0.111. The number of benzene rings is 3. The lowest BCUT2D eigenvalue weighted by Gasteiger charge is -2.22. The lowest BCUT2D eigenvalue weighted by atomic mass is 10.2. The van der Waals surface area contributed by atoms with E-state index in [-0.39, 0.29) is 23.9 Å². The van der Waals surface area contributed by atoms with Gasteiger partial charge in [0, 0.05) is 12.2 Å². The van der Waals surface area contributed by atoms with E-state index in [0.717, 1.165) is 11.1 Å². The van der Waals surface area contributed by atoms with Gasteiger partial charge in [0.05, 0.1) is 11.4 Å². The van der Waals surface area contributed by atoms with Crippen molar-refractivity contribution < 1.29 is 13.2 Å². The molecule has 144 valence electrons. The van der Waals surface area contributed by atoms with Crippen molar-refractivity contribution >= 4 is 21.6 Å². The number of amides is 1. The molecule has 1 amide bonds. The first-order valence-corrected chi connectivity index (χ1v) is 10.3. The van der Waals surface area contributed by atoms with Gasteiger partial charge in [-0.15, -0.1) is 0 Å². The minimum Gasteiger partial charge on any atom is -0.325 e. The highest BCUT2D eigenvalue weighted by Crippen LogP contribution is 2.18. The van der Waals surface area contributed by atoms with Gasteiger partial charge in [-0.25, -0.2) is 8.42 Å². The van der Waals surface area contributed by atoms with E-state index in [9.17, 15) is 13.2 Å². The fraction of sp³-hybridized carbons (Fsp3) is 0.136. The van der Waals surface area contributed by atoms with E-state index in [1.165, 1.54) is 16.4 Å². The van der Waals surface area contributed by atoms with Crippen LogP contribution in [-0.4, -0.2) is 25.2 Å². The van der Waals surface area contributed by atoms with Gasteiger partial charge in [0.25, 0.3) is 0 Å². The molecule has 3 rings (SSSR count). The van der Waals surface area contributed by atoms with E-state index < -0.39 is 10.0 Å². The molecule has 0 saturated heterocycles. The van der Waals surface area contributed by atoms with Gasteiger partial charge in [-0.1, -0.05) is 66.2 Å².